The van der Waals surface area contributed by atoms with E-state index < -0.39 is 0 Å². The summed E-state index contributed by atoms with van der Waals surface area (Å²) in [5.41, 5.74) is 7.53. The van der Waals surface area contributed by atoms with Gasteiger partial charge in [0.05, 0.1) is 6.42 Å². The second kappa shape index (κ2) is 6.26. The minimum Gasteiger partial charge on any atom is -0.369 e. The topological polar surface area (TPSA) is 43.1 Å². The molecule has 0 aliphatic heterocycles. The second-order valence-corrected chi connectivity index (χ2v) is 5.04. The molecule has 0 heterocycles. The van der Waals surface area contributed by atoms with E-state index in [4.69, 9.17) is 5.73 Å². The van der Waals surface area contributed by atoms with Gasteiger partial charge in [-0.25, -0.2) is 0 Å². The van der Waals surface area contributed by atoms with Crippen molar-refractivity contribution in [1.82, 2.24) is 0 Å². The van der Waals surface area contributed by atoms with Gasteiger partial charge in [0, 0.05) is 10.6 Å². The highest BCUT2D eigenvalue weighted by Crippen LogP contribution is 2.26. The highest BCUT2D eigenvalue weighted by Gasteiger charge is 2.05. The van der Waals surface area contributed by atoms with Crippen molar-refractivity contribution in [2.24, 2.45) is 5.73 Å². The molecule has 2 aromatic rings. The summed E-state index contributed by atoms with van der Waals surface area (Å²) >= 11 is 1.73. The average molecular weight is 257 g/mol. The van der Waals surface area contributed by atoms with Crippen LogP contribution in [0.4, 0.5) is 0 Å². The lowest BCUT2D eigenvalue weighted by atomic mass is 10.1. The number of hydrogen-bond acceptors (Lipinski definition) is 2. The van der Waals surface area contributed by atoms with Crippen molar-refractivity contribution in [3.8, 4) is 0 Å². The van der Waals surface area contributed by atoms with Crippen molar-refractivity contribution in [2.75, 3.05) is 0 Å². The minimum atomic E-state index is -0.289. The second-order valence-electron chi connectivity index (χ2n) is 4.03. The molecule has 18 heavy (non-hydrogen) atoms. The highest BCUT2D eigenvalue weighted by atomic mass is 32.2. The molecule has 0 saturated heterocycles. The van der Waals surface area contributed by atoms with Crippen LogP contribution in [0.5, 0.6) is 0 Å². The number of amides is 1. The molecule has 2 N–H and O–H groups in total. The first-order valence-corrected chi connectivity index (χ1v) is 6.77. The maximum Gasteiger partial charge on any atom is 0.221 e. The van der Waals surface area contributed by atoms with Crippen molar-refractivity contribution in [1.29, 1.82) is 0 Å². The van der Waals surface area contributed by atoms with E-state index in [0.29, 0.717) is 6.42 Å². The lowest BCUT2D eigenvalue weighted by Gasteiger charge is -2.07. The molecule has 92 valence electrons. The first-order valence-electron chi connectivity index (χ1n) is 5.78. The Morgan fingerprint density at radius 3 is 2.39 bits per heavy atom. The highest BCUT2D eigenvalue weighted by molar-refractivity contribution is 7.98. The Balaban J connectivity index is 2.07. The number of rotatable bonds is 5. The van der Waals surface area contributed by atoms with Crippen LogP contribution in [0.1, 0.15) is 11.1 Å². The molecule has 1 amide bonds. The smallest absolute Gasteiger partial charge is 0.221 e. The number of carbonyl (C=O) groups is 1. The van der Waals surface area contributed by atoms with Gasteiger partial charge in [-0.2, -0.15) is 0 Å². The summed E-state index contributed by atoms with van der Waals surface area (Å²) in [5.74, 6) is 0.610. The van der Waals surface area contributed by atoms with Gasteiger partial charge in [0.2, 0.25) is 5.91 Å². The van der Waals surface area contributed by atoms with Gasteiger partial charge in [-0.15, -0.1) is 11.8 Å². The van der Waals surface area contributed by atoms with Gasteiger partial charge >= 0.3 is 0 Å². The molecular formula is C15H15NOS. The van der Waals surface area contributed by atoms with Crippen LogP contribution >= 0.6 is 11.8 Å². The molecule has 2 nitrogen and oxygen atoms in total. The van der Waals surface area contributed by atoms with Crippen molar-refractivity contribution < 1.29 is 4.79 Å². The predicted molar refractivity (Wildman–Crippen MR) is 75.3 cm³/mol. The molecule has 2 aromatic carbocycles. The lowest BCUT2D eigenvalue weighted by Crippen LogP contribution is -2.14. The van der Waals surface area contributed by atoms with Crippen LogP contribution in [0.15, 0.2) is 59.5 Å². The van der Waals surface area contributed by atoms with Crippen molar-refractivity contribution in [3.63, 3.8) is 0 Å². The molecule has 0 radical (unpaired) electrons. The third-order valence-electron chi connectivity index (χ3n) is 2.57. The fourth-order valence-corrected chi connectivity index (χ4v) is 2.73. The van der Waals surface area contributed by atoms with E-state index in [2.05, 4.69) is 12.1 Å². The summed E-state index contributed by atoms with van der Waals surface area (Å²) in [4.78, 5) is 12.1. The Bertz CT molecular complexity index is 525. The maximum atomic E-state index is 11.0. The Morgan fingerprint density at radius 1 is 1.00 bits per heavy atom. The van der Waals surface area contributed by atoms with Crippen molar-refractivity contribution >= 4 is 17.7 Å². The Labute approximate surface area is 111 Å². The third kappa shape index (κ3) is 3.64. The molecule has 0 aliphatic carbocycles. The number of benzene rings is 2. The van der Waals surface area contributed by atoms with Crippen LogP contribution in [-0.2, 0) is 17.0 Å². The number of hydrogen-bond donors (Lipinski definition) is 1. The molecule has 0 aliphatic rings. The molecular weight excluding hydrogens is 242 g/mol. The zero-order valence-corrected chi connectivity index (χ0v) is 10.8. The largest absolute Gasteiger partial charge is 0.369 e. The van der Waals surface area contributed by atoms with Gasteiger partial charge < -0.3 is 5.73 Å². The van der Waals surface area contributed by atoms with Gasteiger partial charge in [-0.05, 0) is 17.2 Å². The van der Waals surface area contributed by atoms with E-state index >= 15 is 0 Å². The summed E-state index contributed by atoms with van der Waals surface area (Å²) in [7, 11) is 0. The van der Waals surface area contributed by atoms with E-state index in [-0.39, 0.29) is 5.91 Å². The molecule has 0 atom stereocenters. The molecule has 0 aromatic heterocycles. The summed E-state index contributed by atoms with van der Waals surface area (Å²) in [5, 5.41) is 0. The third-order valence-corrected chi connectivity index (χ3v) is 3.76. The van der Waals surface area contributed by atoms with Gasteiger partial charge in [0.15, 0.2) is 0 Å². The maximum absolute atomic E-state index is 11.0. The Hall–Kier alpha value is -1.74. The fourth-order valence-electron chi connectivity index (χ4n) is 1.71. The van der Waals surface area contributed by atoms with E-state index in [1.165, 1.54) is 5.56 Å². The molecule has 0 spiro atoms. The predicted octanol–water partition coefficient (Wildman–Crippen LogP) is 3.01. The average Bonchev–Trinajstić information content (AvgIpc) is 2.38. The van der Waals surface area contributed by atoms with Gasteiger partial charge in [0.25, 0.3) is 0 Å². The molecule has 0 bridgehead atoms. The van der Waals surface area contributed by atoms with Crippen LogP contribution in [-0.4, -0.2) is 5.91 Å². The SMILES string of the molecule is NC(=O)Cc1ccccc1SCc1ccccc1. The monoisotopic (exact) mass is 257 g/mol. The van der Waals surface area contributed by atoms with E-state index in [1.54, 1.807) is 11.8 Å². The van der Waals surface area contributed by atoms with Crippen LogP contribution in [0.2, 0.25) is 0 Å². The van der Waals surface area contributed by atoms with E-state index in [9.17, 15) is 4.79 Å². The fraction of sp³-hybridized carbons (Fsp3) is 0.133. The van der Waals surface area contributed by atoms with Crippen LogP contribution in [0, 0.1) is 0 Å². The zero-order valence-electron chi connectivity index (χ0n) is 10.0. The summed E-state index contributed by atoms with van der Waals surface area (Å²) in [6, 6.07) is 18.2. The van der Waals surface area contributed by atoms with Crippen LogP contribution < -0.4 is 5.73 Å². The number of carbonyl (C=O) groups excluding carboxylic acids is 1. The standard InChI is InChI=1S/C15H15NOS/c16-15(17)10-13-8-4-5-9-14(13)18-11-12-6-2-1-3-7-12/h1-9H,10-11H2,(H2,16,17). The van der Waals surface area contributed by atoms with Gasteiger partial charge in [-0.1, -0.05) is 48.5 Å². The zero-order chi connectivity index (χ0) is 12.8. The number of primary amides is 1. The molecule has 2 rings (SSSR count). The van der Waals surface area contributed by atoms with Gasteiger partial charge in [-0.3, -0.25) is 4.79 Å². The number of nitrogens with two attached hydrogens (primary N) is 1. The van der Waals surface area contributed by atoms with E-state index in [1.807, 2.05) is 42.5 Å². The first-order chi connectivity index (χ1) is 8.75. The summed E-state index contributed by atoms with van der Waals surface area (Å²) in [6.07, 6.45) is 0.304. The lowest BCUT2D eigenvalue weighted by molar-refractivity contribution is -0.117. The van der Waals surface area contributed by atoms with Gasteiger partial charge in [0.1, 0.15) is 0 Å². The first kappa shape index (κ1) is 12.7. The molecule has 3 heteroatoms. The van der Waals surface area contributed by atoms with Crippen LogP contribution in [0.3, 0.4) is 0 Å². The van der Waals surface area contributed by atoms with Crippen molar-refractivity contribution in [3.05, 3.63) is 65.7 Å². The number of thioether (sulfide) groups is 1. The molecule has 0 saturated carbocycles. The Kier molecular flexibility index (Phi) is 4.42. The minimum absolute atomic E-state index is 0.289. The Morgan fingerprint density at radius 2 is 1.67 bits per heavy atom. The molecule has 0 unspecified atom stereocenters. The summed E-state index contributed by atoms with van der Waals surface area (Å²) < 4.78 is 0. The normalized spacial score (nSPS) is 10.2. The van der Waals surface area contributed by atoms with Crippen molar-refractivity contribution in [2.45, 2.75) is 17.1 Å². The van der Waals surface area contributed by atoms with E-state index in [0.717, 1.165) is 16.2 Å². The van der Waals surface area contributed by atoms with Crippen LogP contribution in [0.25, 0.3) is 0 Å². The summed E-state index contributed by atoms with van der Waals surface area (Å²) in [6.45, 7) is 0. The quantitative estimate of drug-likeness (QED) is 0.837. The molecule has 0 fully saturated rings.